The van der Waals surface area contributed by atoms with E-state index in [2.05, 4.69) is 15.7 Å². The van der Waals surface area contributed by atoms with E-state index in [9.17, 15) is 9.59 Å². The molecular weight excluding hydrogens is 292 g/mol. The van der Waals surface area contributed by atoms with Gasteiger partial charge in [-0.1, -0.05) is 23.7 Å². The number of carbonyl (C=O) groups is 2. The van der Waals surface area contributed by atoms with Crippen molar-refractivity contribution in [3.63, 3.8) is 0 Å². The molecule has 1 heterocycles. The minimum absolute atomic E-state index is 0.145. The number of aryl methyl sites for hydroxylation is 2. The summed E-state index contributed by atoms with van der Waals surface area (Å²) in [7, 11) is 1.73. The van der Waals surface area contributed by atoms with E-state index in [4.69, 9.17) is 11.6 Å². The van der Waals surface area contributed by atoms with Crippen LogP contribution in [0.4, 0.5) is 5.82 Å². The van der Waals surface area contributed by atoms with Gasteiger partial charge in [0.25, 0.3) is 5.91 Å². The van der Waals surface area contributed by atoms with E-state index in [-0.39, 0.29) is 12.5 Å². The summed E-state index contributed by atoms with van der Waals surface area (Å²) >= 11 is 5.91. The Morgan fingerprint density at radius 1 is 1.33 bits per heavy atom. The first-order valence-electron chi connectivity index (χ1n) is 6.30. The zero-order valence-corrected chi connectivity index (χ0v) is 12.4. The van der Waals surface area contributed by atoms with Crippen molar-refractivity contribution >= 4 is 29.2 Å². The number of anilines is 1. The third-order valence-corrected chi connectivity index (χ3v) is 3.13. The number of halogens is 1. The predicted molar refractivity (Wildman–Crippen MR) is 80.4 cm³/mol. The summed E-state index contributed by atoms with van der Waals surface area (Å²) in [5.74, 6) is -0.153. The van der Waals surface area contributed by atoms with Crippen molar-refractivity contribution in [3.8, 4) is 0 Å². The van der Waals surface area contributed by atoms with Crippen LogP contribution >= 0.6 is 11.6 Å². The highest BCUT2D eigenvalue weighted by Gasteiger charge is 2.12. The molecule has 0 saturated carbocycles. The molecule has 0 radical (unpaired) electrons. The van der Waals surface area contributed by atoms with Gasteiger partial charge in [0.05, 0.1) is 22.8 Å². The maximum Gasteiger partial charge on any atom is 0.253 e. The van der Waals surface area contributed by atoms with Gasteiger partial charge in [0.1, 0.15) is 5.82 Å². The predicted octanol–water partition coefficient (Wildman–Crippen LogP) is 1.75. The molecule has 0 aliphatic rings. The molecule has 1 aromatic carbocycles. The molecule has 0 bridgehead atoms. The van der Waals surface area contributed by atoms with Crippen LogP contribution in [0.3, 0.4) is 0 Å². The molecule has 0 fully saturated rings. The van der Waals surface area contributed by atoms with Crippen molar-refractivity contribution in [1.82, 2.24) is 15.1 Å². The van der Waals surface area contributed by atoms with Crippen LogP contribution in [0.25, 0.3) is 0 Å². The second-order valence-electron chi connectivity index (χ2n) is 4.51. The molecule has 0 saturated heterocycles. The summed E-state index contributed by atoms with van der Waals surface area (Å²) in [6.07, 6.45) is 0. The highest BCUT2D eigenvalue weighted by atomic mass is 35.5. The third-order valence-electron chi connectivity index (χ3n) is 2.80. The van der Waals surface area contributed by atoms with Gasteiger partial charge in [0.2, 0.25) is 5.91 Å². The van der Waals surface area contributed by atoms with Gasteiger partial charge in [-0.25, -0.2) is 0 Å². The fourth-order valence-corrected chi connectivity index (χ4v) is 2.04. The summed E-state index contributed by atoms with van der Waals surface area (Å²) in [5.41, 5.74) is 1.14. The van der Waals surface area contributed by atoms with Crippen LogP contribution in [0.2, 0.25) is 5.02 Å². The number of nitrogens with zero attached hydrogens (tertiary/aromatic N) is 2. The molecule has 0 spiro atoms. The van der Waals surface area contributed by atoms with Gasteiger partial charge in [-0.15, -0.1) is 0 Å². The van der Waals surface area contributed by atoms with Crippen LogP contribution < -0.4 is 10.6 Å². The van der Waals surface area contributed by atoms with Crippen molar-refractivity contribution in [2.45, 2.75) is 6.92 Å². The first-order valence-corrected chi connectivity index (χ1v) is 6.68. The fraction of sp³-hybridized carbons (Fsp3) is 0.214. The van der Waals surface area contributed by atoms with Gasteiger partial charge in [-0.2, -0.15) is 5.10 Å². The Balaban J connectivity index is 1.91. The molecule has 21 heavy (non-hydrogen) atoms. The van der Waals surface area contributed by atoms with E-state index in [0.29, 0.717) is 16.4 Å². The van der Waals surface area contributed by atoms with E-state index >= 15 is 0 Å². The van der Waals surface area contributed by atoms with Crippen molar-refractivity contribution in [1.29, 1.82) is 0 Å². The average molecular weight is 307 g/mol. The molecule has 110 valence electrons. The Hall–Kier alpha value is -2.34. The van der Waals surface area contributed by atoms with Crippen molar-refractivity contribution in [2.75, 3.05) is 11.9 Å². The Morgan fingerprint density at radius 3 is 2.67 bits per heavy atom. The Labute approximate surface area is 127 Å². The quantitative estimate of drug-likeness (QED) is 0.903. The van der Waals surface area contributed by atoms with Crippen LogP contribution in [-0.2, 0) is 11.8 Å². The number of benzene rings is 1. The monoisotopic (exact) mass is 306 g/mol. The minimum atomic E-state index is -0.392. The molecule has 2 N–H and O–H groups in total. The number of rotatable bonds is 4. The SMILES string of the molecule is Cc1cc(NC(=O)CNC(=O)c2ccccc2Cl)n(C)n1. The molecule has 1 aromatic heterocycles. The second kappa shape index (κ2) is 6.41. The van der Waals surface area contributed by atoms with Gasteiger partial charge in [-0.05, 0) is 19.1 Å². The van der Waals surface area contributed by atoms with Crippen LogP contribution in [-0.4, -0.2) is 28.1 Å². The lowest BCUT2D eigenvalue weighted by molar-refractivity contribution is -0.115. The highest BCUT2D eigenvalue weighted by molar-refractivity contribution is 6.33. The summed E-state index contributed by atoms with van der Waals surface area (Å²) in [5, 5.41) is 9.65. The Morgan fingerprint density at radius 2 is 2.05 bits per heavy atom. The van der Waals surface area contributed by atoms with E-state index in [1.54, 1.807) is 42.1 Å². The smallest absolute Gasteiger partial charge is 0.253 e. The molecular formula is C14H15ClN4O2. The van der Waals surface area contributed by atoms with Gasteiger partial charge >= 0.3 is 0 Å². The summed E-state index contributed by atoms with van der Waals surface area (Å²) in [6, 6.07) is 8.40. The normalized spacial score (nSPS) is 10.2. The van der Waals surface area contributed by atoms with Crippen LogP contribution in [0, 0.1) is 6.92 Å². The van der Waals surface area contributed by atoms with Crippen molar-refractivity contribution < 1.29 is 9.59 Å². The Kier molecular flexibility index (Phi) is 4.59. The minimum Gasteiger partial charge on any atom is -0.343 e. The first kappa shape index (κ1) is 15.1. The summed E-state index contributed by atoms with van der Waals surface area (Å²) < 4.78 is 1.56. The molecule has 7 heteroatoms. The van der Waals surface area contributed by atoms with Gasteiger partial charge in [-0.3, -0.25) is 14.3 Å². The van der Waals surface area contributed by atoms with Crippen LogP contribution in [0.1, 0.15) is 16.1 Å². The summed E-state index contributed by atoms with van der Waals surface area (Å²) in [6.45, 7) is 1.68. The fourth-order valence-electron chi connectivity index (χ4n) is 1.82. The van der Waals surface area contributed by atoms with E-state index in [0.717, 1.165) is 5.69 Å². The Bertz CT molecular complexity index is 681. The number of hydrogen-bond acceptors (Lipinski definition) is 3. The standard InChI is InChI=1S/C14H15ClN4O2/c1-9-7-12(19(2)18-9)17-13(20)8-16-14(21)10-5-3-4-6-11(10)15/h3-7H,8H2,1-2H3,(H,16,21)(H,17,20). The molecule has 2 rings (SSSR count). The summed E-state index contributed by atoms with van der Waals surface area (Å²) in [4.78, 5) is 23.7. The van der Waals surface area contributed by atoms with Gasteiger partial charge in [0.15, 0.2) is 0 Å². The maximum atomic E-state index is 11.9. The number of carbonyl (C=O) groups excluding carboxylic acids is 2. The molecule has 2 aromatic rings. The molecule has 0 aliphatic heterocycles. The van der Waals surface area contributed by atoms with Crippen LogP contribution in [0.15, 0.2) is 30.3 Å². The lowest BCUT2D eigenvalue weighted by atomic mass is 10.2. The van der Waals surface area contributed by atoms with Gasteiger partial charge < -0.3 is 10.6 Å². The molecule has 2 amide bonds. The highest BCUT2D eigenvalue weighted by Crippen LogP contribution is 2.14. The van der Waals surface area contributed by atoms with E-state index < -0.39 is 5.91 Å². The molecule has 6 nitrogen and oxygen atoms in total. The molecule has 0 aliphatic carbocycles. The maximum absolute atomic E-state index is 11.9. The number of hydrogen-bond donors (Lipinski definition) is 2. The lowest BCUT2D eigenvalue weighted by Gasteiger charge is -2.07. The van der Waals surface area contributed by atoms with Gasteiger partial charge in [0, 0.05) is 13.1 Å². The number of nitrogens with one attached hydrogen (secondary N) is 2. The van der Waals surface area contributed by atoms with Crippen molar-refractivity contribution in [3.05, 3.63) is 46.6 Å². The van der Waals surface area contributed by atoms with E-state index in [1.807, 2.05) is 6.92 Å². The van der Waals surface area contributed by atoms with Crippen LogP contribution in [0.5, 0.6) is 0 Å². The number of amides is 2. The molecule has 0 atom stereocenters. The zero-order valence-electron chi connectivity index (χ0n) is 11.7. The molecule has 0 unspecified atom stereocenters. The average Bonchev–Trinajstić information content (AvgIpc) is 2.74. The zero-order chi connectivity index (χ0) is 15.4. The number of aromatic nitrogens is 2. The lowest BCUT2D eigenvalue weighted by Crippen LogP contribution is -2.33. The largest absolute Gasteiger partial charge is 0.343 e. The topological polar surface area (TPSA) is 76.0 Å². The second-order valence-corrected chi connectivity index (χ2v) is 4.91. The third kappa shape index (κ3) is 3.82. The van der Waals surface area contributed by atoms with Crippen molar-refractivity contribution in [2.24, 2.45) is 7.05 Å². The first-order chi connectivity index (χ1) is 9.97. The van der Waals surface area contributed by atoms with E-state index in [1.165, 1.54) is 0 Å².